The molecule has 0 aromatic carbocycles. The van der Waals surface area contributed by atoms with Gasteiger partial charge in [0.05, 0.1) is 6.20 Å². The summed E-state index contributed by atoms with van der Waals surface area (Å²) in [4.78, 5) is 17.5. The number of carbonyl (C=O) groups is 1. The molecule has 0 aliphatic heterocycles. The van der Waals surface area contributed by atoms with E-state index in [0.717, 1.165) is 17.9 Å². The number of pyridine rings is 1. The summed E-state index contributed by atoms with van der Waals surface area (Å²) in [5, 5.41) is 0. The molecular formula is C13H17N3O2. The van der Waals surface area contributed by atoms with Gasteiger partial charge in [-0.05, 0) is 26.2 Å². The largest absolute Gasteiger partial charge is 0.491 e. The Hall–Kier alpha value is -1.88. The van der Waals surface area contributed by atoms with Gasteiger partial charge in [0.2, 0.25) is 0 Å². The van der Waals surface area contributed by atoms with Crippen LogP contribution in [0.1, 0.15) is 17.4 Å². The third kappa shape index (κ3) is 2.87. The van der Waals surface area contributed by atoms with Crippen molar-refractivity contribution in [3.8, 4) is 5.75 Å². The maximum absolute atomic E-state index is 11.2. The van der Waals surface area contributed by atoms with Crippen molar-refractivity contribution in [2.75, 3.05) is 27.2 Å². The molecule has 0 aliphatic rings. The molecule has 2 aromatic rings. The molecule has 0 bridgehead atoms. The van der Waals surface area contributed by atoms with Gasteiger partial charge < -0.3 is 14.0 Å². The highest BCUT2D eigenvalue weighted by Crippen LogP contribution is 2.14. The minimum atomic E-state index is -0.0335. The van der Waals surface area contributed by atoms with Gasteiger partial charge in [-0.1, -0.05) is 0 Å². The summed E-state index contributed by atoms with van der Waals surface area (Å²) >= 11 is 0. The van der Waals surface area contributed by atoms with Crippen LogP contribution < -0.4 is 4.74 Å². The molecular weight excluding hydrogens is 230 g/mol. The summed E-state index contributed by atoms with van der Waals surface area (Å²) in [5.74, 6) is 0.741. The fourth-order valence-corrected chi connectivity index (χ4v) is 1.57. The summed E-state index contributed by atoms with van der Waals surface area (Å²) in [7, 11) is 4.00. The lowest BCUT2D eigenvalue weighted by atomic mass is 10.3. The van der Waals surface area contributed by atoms with E-state index in [1.807, 2.05) is 36.8 Å². The van der Waals surface area contributed by atoms with Gasteiger partial charge in [-0.25, -0.2) is 4.98 Å². The van der Waals surface area contributed by atoms with E-state index in [1.54, 1.807) is 6.20 Å². The fraction of sp³-hybridized carbons (Fsp3) is 0.385. The van der Waals surface area contributed by atoms with Gasteiger partial charge in [0.15, 0.2) is 5.78 Å². The Morgan fingerprint density at radius 3 is 2.83 bits per heavy atom. The van der Waals surface area contributed by atoms with Crippen molar-refractivity contribution in [2.24, 2.45) is 0 Å². The SMILES string of the molecule is CC(=O)c1cn2cc(OCCN(C)C)ccc2n1. The van der Waals surface area contributed by atoms with Crippen LogP contribution in [-0.4, -0.2) is 47.3 Å². The Kier molecular flexibility index (Phi) is 3.62. The van der Waals surface area contributed by atoms with E-state index in [1.165, 1.54) is 6.92 Å². The topological polar surface area (TPSA) is 46.8 Å². The van der Waals surface area contributed by atoms with Crippen LogP contribution in [0.5, 0.6) is 5.75 Å². The Morgan fingerprint density at radius 1 is 1.39 bits per heavy atom. The average molecular weight is 247 g/mol. The second-order valence-corrected chi connectivity index (χ2v) is 4.46. The van der Waals surface area contributed by atoms with E-state index in [-0.39, 0.29) is 5.78 Å². The lowest BCUT2D eigenvalue weighted by Crippen LogP contribution is -2.19. The fourth-order valence-electron chi connectivity index (χ4n) is 1.57. The van der Waals surface area contributed by atoms with Crippen molar-refractivity contribution in [1.29, 1.82) is 0 Å². The highest BCUT2D eigenvalue weighted by atomic mass is 16.5. The maximum Gasteiger partial charge on any atom is 0.179 e. The number of rotatable bonds is 5. The highest BCUT2D eigenvalue weighted by Gasteiger charge is 2.06. The molecule has 0 aliphatic carbocycles. The number of ether oxygens (including phenoxy) is 1. The summed E-state index contributed by atoms with van der Waals surface area (Å²) in [5.41, 5.74) is 1.22. The molecule has 0 N–H and O–H groups in total. The van der Waals surface area contributed by atoms with Crippen LogP contribution >= 0.6 is 0 Å². The van der Waals surface area contributed by atoms with Gasteiger partial charge in [-0.3, -0.25) is 4.79 Å². The van der Waals surface area contributed by atoms with Crippen LogP contribution in [0.15, 0.2) is 24.5 Å². The molecule has 5 heteroatoms. The van der Waals surface area contributed by atoms with E-state index in [4.69, 9.17) is 4.74 Å². The molecule has 0 saturated heterocycles. The van der Waals surface area contributed by atoms with Crippen LogP contribution in [0.4, 0.5) is 0 Å². The minimum absolute atomic E-state index is 0.0335. The first-order valence-electron chi connectivity index (χ1n) is 5.83. The number of carbonyl (C=O) groups excluding carboxylic acids is 1. The normalized spacial score (nSPS) is 11.1. The Balaban J connectivity index is 2.14. The molecule has 0 fully saturated rings. The highest BCUT2D eigenvalue weighted by molar-refractivity contribution is 5.92. The molecule has 0 radical (unpaired) electrons. The van der Waals surface area contributed by atoms with E-state index in [9.17, 15) is 4.79 Å². The third-order valence-electron chi connectivity index (χ3n) is 2.59. The number of ketones is 1. The number of aromatic nitrogens is 2. The van der Waals surface area contributed by atoms with Crippen molar-refractivity contribution in [1.82, 2.24) is 14.3 Å². The van der Waals surface area contributed by atoms with E-state index < -0.39 is 0 Å². The van der Waals surface area contributed by atoms with Crippen LogP contribution in [0.25, 0.3) is 5.65 Å². The number of likely N-dealkylation sites (N-methyl/N-ethyl adjacent to an activating group) is 1. The number of hydrogen-bond donors (Lipinski definition) is 0. The first kappa shape index (κ1) is 12.6. The quantitative estimate of drug-likeness (QED) is 0.751. The van der Waals surface area contributed by atoms with Gasteiger partial charge in [-0.2, -0.15) is 0 Å². The van der Waals surface area contributed by atoms with E-state index in [2.05, 4.69) is 9.88 Å². The number of nitrogens with zero attached hydrogens (tertiary/aromatic N) is 3. The molecule has 0 unspecified atom stereocenters. The van der Waals surface area contributed by atoms with Crippen molar-refractivity contribution < 1.29 is 9.53 Å². The van der Waals surface area contributed by atoms with Crippen molar-refractivity contribution in [3.63, 3.8) is 0 Å². The first-order chi connectivity index (χ1) is 8.56. The molecule has 0 amide bonds. The molecule has 2 rings (SSSR count). The third-order valence-corrected chi connectivity index (χ3v) is 2.59. The van der Waals surface area contributed by atoms with Crippen molar-refractivity contribution in [3.05, 3.63) is 30.2 Å². The number of hydrogen-bond acceptors (Lipinski definition) is 4. The standard InChI is InChI=1S/C13H17N3O2/c1-10(17)12-9-16-8-11(4-5-13(16)14-12)18-7-6-15(2)3/h4-5,8-9H,6-7H2,1-3H3. The molecule has 2 heterocycles. The zero-order valence-electron chi connectivity index (χ0n) is 10.9. The number of imidazole rings is 1. The minimum Gasteiger partial charge on any atom is -0.491 e. The molecule has 2 aromatic heterocycles. The second kappa shape index (κ2) is 5.18. The molecule has 96 valence electrons. The summed E-state index contributed by atoms with van der Waals surface area (Å²) < 4.78 is 7.43. The lowest BCUT2D eigenvalue weighted by Gasteiger charge is -2.10. The predicted octanol–water partition coefficient (Wildman–Crippen LogP) is 1.48. The maximum atomic E-state index is 11.2. The zero-order valence-corrected chi connectivity index (χ0v) is 10.9. The molecule has 0 atom stereocenters. The Labute approximate surface area is 106 Å². The predicted molar refractivity (Wildman–Crippen MR) is 69.2 cm³/mol. The first-order valence-corrected chi connectivity index (χ1v) is 5.83. The summed E-state index contributed by atoms with van der Waals surface area (Å²) in [6.45, 7) is 3.00. The zero-order chi connectivity index (χ0) is 13.1. The molecule has 18 heavy (non-hydrogen) atoms. The van der Waals surface area contributed by atoms with Crippen LogP contribution in [-0.2, 0) is 0 Å². The number of fused-ring (bicyclic) bond motifs is 1. The molecule has 0 saturated carbocycles. The molecule has 0 spiro atoms. The van der Waals surface area contributed by atoms with Gasteiger partial charge in [0.25, 0.3) is 0 Å². The second-order valence-electron chi connectivity index (χ2n) is 4.46. The Bertz CT molecular complexity index is 560. The monoisotopic (exact) mass is 247 g/mol. The number of Topliss-reactive ketones (excluding diaryl/α,β-unsaturated/α-hetero) is 1. The lowest BCUT2D eigenvalue weighted by molar-refractivity contribution is 0.101. The smallest absolute Gasteiger partial charge is 0.179 e. The average Bonchev–Trinajstić information content (AvgIpc) is 2.71. The van der Waals surface area contributed by atoms with Crippen molar-refractivity contribution in [2.45, 2.75) is 6.92 Å². The van der Waals surface area contributed by atoms with Gasteiger partial charge in [-0.15, -0.1) is 0 Å². The Morgan fingerprint density at radius 2 is 2.17 bits per heavy atom. The van der Waals surface area contributed by atoms with Gasteiger partial charge >= 0.3 is 0 Å². The van der Waals surface area contributed by atoms with Gasteiger partial charge in [0.1, 0.15) is 23.7 Å². The van der Waals surface area contributed by atoms with Crippen LogP contribution in [0.2, 0.25) is 0 Å². The molecule has 5 nitrogen and oxygen atoms in total. The van der Waals surface area contributed by atoms with Gasteiger partial charge in [0, 0.05) is 19.7 Å². The van der Waals surface area contributed by atoms with Crippen molar-refractivity contribution >= 4 is 11.4 Å². The van der Waals surface area contributed by atoms with E-state index in [0.29, 0.717) is 12.3 Å². The van der Waals surface area contributed by atoms with E-state index >= 15 is 0 Å². The summed E-state index contributed by atoms with van der Waals surface area (Å²) in [6, 6.07) is 3.71. The van der Waals surface area contributed by atoms with Crippen LogP contribution in [0, 0.1) is 0 Å². The summed E-state index contributed by atoms with van der Waals surface area (Å²) in [6.07, 6.45) is 3.56. The van der Waals surface area contributed by atoms with Crippen LogP contribution in [0.3, 0.4) is 0 Å².